The van der Waals surface area contributed by atoms with E-state index < -0.39 is 5.95 Å². The maximum atomic E-state index is 12.7. The van der Waals surface area contributed by atoms with Gasteiger partial charge in [0.2, 0.25) is 5.95 Å². The molecule has 0 saturated carbocycles. The van der Waals surface area contributed by atoms with Gasteiger partial charge in [-0.3, -0.25) is 0 Å². The fraction of sp³-hybridized carbons (Fsp3) is 0. The van der Waals surface area contributed by atoms with Crippen LogP contribution in [0.1, 0.15) is 0 Å². The molecule has 2 heterocycles. The molecule has 13 heavy (non-hydrogen) atoms. The van der Waals surface area contributed by atoms with Crippen LogP contribution >= 0.6 is 11.6 Å². The van der Waals surface area contributed by atoms with Crippen molar-refractivity contribution < 1.29 is 4.39 Å². The van der Waals surface area contributed by atoms with Gasteiger partial charge in [0.05, 0.1) is 17.4 Å². The number of hydrogen-bond acceptors (Lipinski definition) is 2. The molecule has 2 aromatic rings. The Bertz CT molecular complexity index is 427. The number of hydrogen-bond donors (Lipinski definition) is 0. The molecule has 2 aromatic heterocycles. The Labute approximate surface area is 78.8 Å². The lowest BCUT2D eigenvalue weighted by molar-refractivity contribution is 0.577. The first-order valence-electron chi connectivity index (χ1n) is 3.59. The van der Waals surface area contributed by atoms with Crippen LogP contribution < -0.4 is 0 Å². The van der Waals surface area contributed by atoms with Gasteiger partial charge >= 0.3 is 0 Å². The molecule has 0 bridgehead atoms. The molecule has 0 aliphatic carbocycles. The molecule has 0 amide bonds. The summed E-state index contributed by atoms with van der Waals surface area (Å²) in [7, 11) is 0. The second kappa shape index (κ2) is 3.14. The molecule has 0 spiro atoms. The largest absolute Gasteiger partial charge is 0.221 e. The topological polar surface area (TPSA) is 30.7 Å². The molecule has 0 aliphatic heterocycles. The Morgan fingerprint density at radius 1 is 1.38 bits per heavy atom. The minimum absolute atomic E-state index is 0.409. The van der Waals surface area contributed by atoms with E-state index in [4.69, 9.17) is 11.6 Å². The summed E-state index contributed by atoms with van der Waals surface area (Å²) >= 11 is 5.65. The summed E-state index contributed by atoms with van der Waals surface area (Å²) in [4.78, 5) is 3.63. The number of nitrogens with zero attached hydrogens (tertiary/aromatic N) is 3. The van der Waals surface area contributed by atoms with Crippen molar-refractivity contribution in [3.8, 4) is 5.82 Å². The van der Waals surface area contributed by atoms with E-state index in [0.29, 0.717) is 10.8 Å². The predicted octanol–water partition coefficient (Wildman–Crippen LogP) is 2.06. The lowest BCUT2D eigenvalue weighted by atomic mass is 10.4. The van der Waals surface area contributed by atoms with Gasteiger partial charge < -0.3 is 0 Å². The summed E-state index contributed by atoms with van der Waals surface area (Å²) in [6, 6.07) is 4.48. The van der Waals surface area contributed by atoms with Crippen molar-refractivity contribution in [3.05, 3.63) is 41.6 Å². The first-order valence-corrected chi connectivity index (χ1v) is 3.96. The van der Waals surface area contributed by atoms with Crippen LogP contribution in [0.4, 0.5) is 4.39 Å². The number of rotatable bonds is 1. The Hall–Kier alpha value is -1.42. The summed E-state index contributed by atoms with van der Waals surface area (Å²) in [5, 5.41) is 4.37. The zero-order chi connectivity index (χ0) is 9.26. The Morgan fingerprint density at radius 3 is 2.85 bits per heavy atom. The summed E-state index contributed by atoms with van der Waals surface area (Å²) in [5.41, 5.74) is 0. The van der Waals surface area contributed by atoms with E-state index in [0.717, 1.165) is 0 Å². The molecule has 0 atom stereocenters. The van der Waals surface area contributed by atoms with Gasteiger partial charge in [-0.15, -0.1) is 0 Å². The van der Waals surface area contributed by atoms with E-state index in [-0.39, 0.29) is 0 Å². The average molecular weight is 198 g/mol. The summed E-state index contributed by atoms with van der Waals surface area (Å²) in [6.45, 7) is 0. The van der Waals surface area contributed by atoms with Gasteiger partial charge in [0, 0.05) is 0 Å². The first kappa shape index (κ1) is 8.19. The second-order valence-corrected chi connectivity index (χ2v) is 2.86. The average Bonchev–Trinajstić information content (AvgIpc) is 2.52. The van der Waals surface area contributed by atoms with Crippen LogP contribution in [0, 0.1) is 5.95 Å². The van der Waals surface area contributed by atoms with Crippen molar-refractivity contribution in [1.82, 2.24) is 14.8 Å². The van der Waals surface area contributed by atoms with Gasteiger partial charge in [-0.25, -0.2) is 9.67 Å². The third-order valence-electron chi connectivity index (χ3n) is 1.49. The van der Waals surface area contributed by atoms with Gasteiger partial charge in [-0.05, 0) is 12.1 Å². The minimum Gasteiger partial charge on any atom is -0.221 e. The highest BCUT2D eigenvalue weighted by Crippen LogP contribution is 2.09. The van der Waals surface area contributed by atoms with Crippen LogP contribution in [0.15, 0.2) is 30.6 Å². The summed E-state index contributed by atoms with van der Waals surface area (Å²) < 4.78 is 14.1. The van der Waals surface area contributed by atoms with Crippen molar-refractivity contribution >= 4 is 11.6 Å². The third-order valence-corrected chi connectivity index (χ3v) is 1.68. The molecule has 0 saturated heterocycles. The molecule has 0 radical (unpaired) electrons. The second-order valence-electron chi connectivity index (χ2n) is 2.42. The van der Waals surface area contributed by atoms with Crippen LogP contribution in [-0.4, -0.2) is 14.8 Å². The molecule has 0 N–H and O–H groups in total. The van der Waals surface area contributed by atoms with Crippen LogP contribution in [-0.2, 0) is 0 Å². The molecule has 2 rings (SSSR count). The SMILES string of the molecule is Fc1cccc(-n2cc(Cl)cn2)n1. The number of halogens is 2. The van der Waals surface area contributed by atoms with Gasteiger partial charge in [-0.1, -0.05) is 17.7 Å². The van der Waals surface area contributed by atoms with E-state index >= 15 is 0 Å². The normalized spacial score (nSPS) is 10.3. The molecular weight excluding hydrogens is 193 g/mol. The fourth-order valence-corrected chi connectivity index (χ4v) is 1.09. The highest BCUT2D eigenvalue weighted by molar-refractivity contribution is 6.30. The highest BCUT2D eigenvalue weighted by atomic mass is 35.5. The first-order chi connectivity index (χ1) is 6.25. The van der Waals surface area contributed by atoms with E-state index in [2.05, 4.69) is 10.1 Å². The van der Waals surface area contributed by atoms with Gasteiger partial charge in [0.25, 0.3) is 0 Å². The van der Waals surface area contributed by atoms with Gasteiger partial charge in [0.1, 0.15) is 0 Å². The summed E-state index contributed by atoms with van der Waals surface area (Å²) in [6.07, 6.45) is 3.03. The third kappa shape index (κ3) is 1.67. The van der Waals surface area contributed by atoms with Crippen LogP contribution in [0.2, 0.25) is 5.02 Å². The maximum absolute atomic E-state index is 12.7. The molecule has 0 aromatic carbocycles. The predicted molar refractivity (Wildman–Crippen MR) is 46.3 cm³/mol. The van der Waals surface area contributed by atoms with E-state index in [1.54, 1.807) is 18.3 Å². The van der Waals surface area contributed by atoms with Crippen molar-refractivity contribution in [2.45, 2.75) is 0 Å². The Balaban J connectivity index is 2.46. The number of pyridine rings is 1. The minimum atomic E-state index is -0.538. The lowest BCUT2D eigenvalue weighted by Gasteiger charge is -1.97. The zero-order valence-electron chi connectivity index (χ0n) is 6.48. The molecule has 66 valence electrons. The quantitative estimate of drug-likeness (QED) is 0.656. The van der Waals surface area contributed by atoms with E-state index in [1.165, 1.54) is 16.9 Å². The monoisotopic (exact) mass is 197 g/mol. The Kier molecular flexibility index (Phi) is 1.98. The highest BCUT2D eigenvalue weighted by Gasteiger charge is 2.00. The maximum Gasteiger partial charge on any atom is 0.214 e. The fourth-order valence-electron chi connectivity index (χ4n) is 0.951. The number of aromatic nitrogens is 3. The summed E-state index contributed by atoms with van der Waals surface area (Å²) in [5.74, 6) is -0.129. The van der Waals surface area contributed by atoms with Crippen LogP contribution in [0.3, 0.4) is 0 Å². The molecule has 0 fully saturated rings. The lowest BCUT2D eigenvalue weighted by Crippen LogP contribution is -1.98. The molecule has 0 unspecified atom stereocenters. The zero-order valence-corrected chi connectivity index (χ0v) is 7.24. The Morgan fingerprint density at radius 2 is 2.23 bits per heavy atom. The van der Waals surface area contributed by atoms with E-state index in [1.807, 2.05) is 0 Å². The van der Waals surface area contributed by atoms with E-state index in [9.17, 15) is 4.39 Å². The van der Waals surface area contributed by atoms with Crippen LogP contribution in [0.25, 0.3) is 5.82 Å². The smallest absolute Gasteiger partial charge is 0.214 e. The van der Waals surface area contributed by atoms with Gasteiger partial charge in [-0.2, -0.15) is 9.49 Å². The van der Waals surface area contributed by atoms with Crippen molar-refractivity contribution in [1.29, 1.82) is 0 Å². The molecular formula is C8H5ClFN3. The molecule has 0 aliphatic rings. The van der Waals surface area contributed by atoms with Crippen LogP contribution in [0.5, 0.6) is 0 Å². The standard InChI is InChI=1S/C8H5ClFN3/c9-6-4-11-13(5-6)8-3-1-2-7(10)12-8/h1-5H. The molecule has 3 nitrogen and oxygen atoms in total. The van der Waals surface area contributed by atoms with Crippen molar-refractivity contribution in [3.63, 3.8) is 0 Å². The van der Waals surface area contributed by atoms with Gasteiger partial charge in [0.15, 0.2) is 5.82 Å². The van der Waals surface area contributed by atoms with Crippen molar-refractivity contribution in [2.24, 2.45) is 0 Å². The van der Waals surface area contributed by atoms with Crippen molar-refractivity contribution in [2.75, 3.05) is 0 Å². The molecule has 5 heteroatoms.